The zero-order chi connectivity index (χ0) is 17.5. The fraction of sp³-hybridized carbons (Fsp3) is 0.0952. The molecule has 0 atom stereocenters. The number of benzene rings is 2. The van der Waals surface area contributed by atoms with Gasteiger partial charge < -0.3 is 0 Å². The molecule has 0 amide bonds. The van der Waals surface area contributed by atoms with Crippen molar-refractivity contribution in [3.05, 3.63) is 102 Å². The Labute approximate surface area is 147 Å². The molecule has 0 saturated carbocycles. The average molecular weight is 326 g/mol. The summed E-state index contributed by atoms with van der Waals surface area (Å²) in [5.41, 5.74) is 2.87. The number of nitrogens with one attached hydrogen (secondary N) is 1. The first-order valence-corrected chi connectivity index (χ1v) is 8.05. The molecule has 0 bridgehead atoms. The van der Waals surface area contributed by atoms with Gasteiger partial charge in [0.05, 0.1) is 0 Å². The summed E-state index contributed by atoms with van der Waals surface area (Å²) >= 11 is 0. The summed E-state index contributed by atoms with van der Waals surface area (Å²) in [6.07, 6.45) is 5.41. The van der Waals surface area contributed by atoms with Crippen LogP contribution in [0.5, 0.6) is 0 Å². The van der Waals surface area contributed by atoms with Crippen LogP contribution in [0.3, 0.4) is 0 Å². The topological polar surface area (TPSA) is 63.8 Å². The minimum atomic E-state index is -0.000860. The highest BCUT2D eigenvalue weighted by atomic mass is 15.2. The molecule has 0 aliphatic heterocycles. The third-order valence-corrected chi connectivity index (χ3v) is 4.09. The Bertz CT molecular complexity index is 815. The van der Waals surface area contributed by atoms with E-state index in [1.54, 1.807) is 24.5 Å². The summed E-state index contributed by atoms with van der Waals surface area (Å²) < 4.78 is 0. The average Bonchev–Trinajstić information content (AvgIpc) is 2.70. The summed E-state index contributed by atoms with van der Waals surface area (Å²) in [5.74, 6) is 0.159. The molecule has 3 aromatic rings. The Balaban J connectivity index is 1.92. The fourth-order valence-electron chi connectivity index (χ4n) is 2.80. The molecule has 0 aliphatic rings. The van der Waals surface area contributed by atoms with E-state index >= 15 is 0 Å². The van der Waals surface area contributed by atoms with Gasteiger partial charge in [0.1, 0.15) is 5.84 Å². The predicted octanol–water partition coefficient (Wildman–Crippen LogP) is 4.02. The number of aromatic nitrogens is 1. The number of pyridine rings is 1. The first kappa shape index (κ1) is 16.4. The maximum Gasteiger partial charge on any atom is 0.185 e. The van der Waals surface area contributed by atoms with E-state index in [9.17, 15) is 5.26 Å². The third kappa shape index (κ3) is 3.91. The normalized spacial score (nSPS) is 10.2. The highest BCUT2D eigenvalue weighted by molar-refractivity contribution is 5.97. The Morgan fingerprint density at radius 2 is 1.56 bits per heavy atom. The lowest BCUT2D eigenvalue weighted by atomic mass is 9.91. The van der Waals surface area contributed by atoms with Gasteiger partial charge in [-0.1, -0.05) is 60.7 Å². The number of amidine groups is 1. The van der Waals surface area contributed by atoms with Crippen molar-refractivity contribution < 1.29 is 0 Å². The molecule has 3 rings (SSSR count). The van der Waals surface area contributed by atoms with Gasteiger partial charge in [0, 0.05) is 30.4 Å². The lowest BCUT2D eigenvalue weighted by Crippen LogP contribution is -2.31. The highest BCUT2D eigenvalue weighted by Gasteiger charge is 2.20. The zero-order valence-electron chi connectivity index (χ0n) is 13.7. The van der Waals surface area contributed by atoms with Crippen molar-refractivity contribution in [3.63, 3.8) is 0 Å². The molecule has 1 aromatic heterocycles. The third-order valence-electron chi connectivity index (χ3n) is 4.09. The maximum atomic E-state index is 9.62. The van der Waals surface area contributed by atoms with E-state index in [2.05, 4.69) is 35.4 Å². The fourth-order valence-corrected chi connectivity index (χ4v) is 2.80. The lowest BCUT2D eigenvalue weighted by molar-refractivity contribution is 0.533. The molecule has 0 saturated heterocycles. The Kier molecular flexibility index (Phi) is 5.18. The Morgan fingerprint density at radius 3 is 2.04 bits per heavy atom. The van der Waals surface area contributed by atoms with Gasteiger partial charge in [0.25, 0.3) is 0 Å². The molecule has 0 fully saturated rings. The van der Waals surface area contributed by atoms with Gasteiger partial charge in [0.2, 0.25) is 0 Å². The van der Waals surface area contributed by atoms with Crippen LogP contribution < -0.4 is 0 Å². The molecule has 0 unspecified atom stereocenters. The molecule has 0 spiro atoms. The second-order valence-corrected chi connectivity index (χ2v) is 5.67. The van der Waals surface area contributed by atoms with Gasteiger partial charge in [-0.2, -0.15) is 5.26 Å². The van der Waals surface area contributed by atoms with Crippen molar-refractivity contribution in [2.75, 3.05) is 6.54 Å². The summed E-state index contributed by atoms with van der Waals surface area (Å²) in [5, 5.41) is 18.0. The lowest BCUT2D eigenvalue weighted by Gasteiger charge is -2.24. The molecule has 0 aliphatic carbocycles. The summed E-state index contributed by atoms with van der Waals surface area (Å²) in [6.45, 7) is 0.401. The molecule has 25 heavy (non-hydrogen) atoms. The van der Waals surface area contributed by atoms with E-state index in [0.29, 0.717) is 12.1 Å². The molecular formula is C21H18N4. The first-order valence-electron chi connectivity index (χ1n) is 8.05. The van der Waals surface area contributed by atoms with E-state index in [0.717, 1.165) is 11.1 Å². The van der Waals surface area contributed by atoms with Crippen LogP contribution in [0.15, 0.2) is 85.2 Å². The first-order chi connectivity index (χ1) is 12.3. The van der Waals surface area contributed by atoms with E-state index in [1.165, 1.54) is 4.90 Å². The van der Waals surface area contributed by atoms with E-state index in [-0.39, 0.29) is 11.8 Å². The summed E-state index contributed by atoms with van der Waals surface area (Å²) in [7, 11) is 0. The van der Waals surface area contributed by atoms with E-state index < -0.39 is 0 Å². The van der Waals surface area contributed by atoms with Gasteiger partial charge >= 0.3 is 0 Å². The number of nitrogens with zero attached hydrogens (tertiary/aromatic N) is 3. The second-order valence-electron chi connectivity index (χ2n) is 5.67. The van der Waals surface area contributed by atoms with Crippen LogP contribution >= 0.6 is 0 Å². The molecule has 2 aromatic carbocycles. The van der Waals surface area contributed by atoms with Crippen LogP contribution in [0.25, 0.3) is 0 Å². The van der Waals surface area contributed by atoms with Crippen molar-refractivity contribution in [1.29, 1.82) is 10.7 Å². The number of hydrogen-bond acceptors (Lipinski definition) is 3. The van der Waals surface area contributed by atoms with E-state index in [4.69, 9.17) is 5.41 Å². The molecule has 1 heterocycles. The quantitative estimate of drug-likeness (QED) is 0.333. The molecule has 4 nitrogen and oxygen atoms in total. The van der Waals surface area contributed by atoms with Gasteiger partial charge in [-0.25, -0.2) is 0 Å². The molecule has 4 heteroatoms. The van der Waals surface area contributed by atoms with Gasteiger partial charge in [-0.05, 0) is 23.3 Å². The smallest absolute Gasteiger partial charge is 0.185 e. The minimum Gasteiger partial charge on any atom is -0.283 e. The Hall–Kier alpha value is -3.45. The minimum absolute atomic E-state index is 0.000860. The SMILES string of the molecule is N#CN(CC(c1ccccc1)c1ccccc1)C(=N)c1cccnc1. The molecular weight excluding hydrogens is 308 g/mol. The van der Waals surface area contributed by atoms with Crippen LogP contribution in [0.4, 0.5) is 0 Å². The molecule has 122 valence electrons. The van der Waals surface area contributed by atoms with Crippen molar-refractivity contribution in [3.8, 4) is 6.19 Å². The molecule has 0 radical (unpaired) electrons. The summed E-state index contributed by atoms with van der Waals surface area (Å²) in [6, 6.07) is 23.7. The van der Waals surface area contributed by atoms with Gasteiger partial charge in [-0.15, -0.1) is 0 Å². The van der Waals surface area contributed by atoms with Crippen molar-refractivity contribution in [1.82, 2.24) is 9.88 Å². The van der Waals surface area contributed by atoms with E-state index in [1.807, 2.05) is 36.4 Å². The van der Waals surface area contributed by atoms with Crippen LogP contribution in [-0.2, 0) is 0 Å². The van der Waals surface area contributed by atoms with Crippen LogP contribution in [0.1, 0.15) is 22.6 Å². The van der Waals surface area contributed by atoms with Crippen LogP contribution in [0.2, 0.25) is 0 Å². The second kappa shape index (κ2) is 7.89. The number of nitriles is 1. The van der Waals surface area contributed by atoms with Crippen molar-refractivity contribution >= 4 is 5.84 Å². The van der Waals surface area contributed by atoms with Gasteiger partial charge in [-0.3, -0.25) is 15.3 Å². The largest absolute Gasteiger partial charge is 0.283 e. The highest BCUT2D eigenvalue weighted by Crippen LogP contribution is 2.26. The Morgan fingerprint density at radius 1 is 0.960 bits per heavy atom. The zero-order valence-corrected chi connectivity index (χ0v) is 13.7. The maximum absolute atomic E-state index is 9.62. The predicted molar refractivity (Wildman–Crippen MR) is 98.1 cm³/mol. The standard InChI is InChI=1S/C21H18N4/c22-16-25(21(23)19-12-7-13-24-14-19)15-20(17-8-3-1-4-9-17)18-10-5-2-6-11-18/h1-14,20,23H,15H2. The van der Waals surface area contributed by atoms with Crippen LogP contribution in [0, 0.1) is 16.9 Å². The monoisotopic (exact) mass is 326 g/mol. The van der Waals surface area contributed by atoms with Crippen molar-refractivity contribution in [2.24, 2.45) is 0 Å². The van der Waals surface area contributed by atoms with Crippen LogP contribution in [-0.4, -0.2) is 22.3 Å². The number of hydrogen-bond donors (Lipinski definition) is 1. The molecule has 1 N–H and O–H groups in total. The van der Waals surface area contributed by atoms with Crippen molar-refractivity contribution in [2.45, 2.75) is 5.92 Å². The number of rotatable bonds is 5. The summed E-state index contributed by atoms with van der Waals surface area (Å²) in [4.78, 5) is 5.46. The van der Waals surface area contributed by atoms with Gasteiger partial charge in [0.15, 0.2) is 6.19 Å².